The van der Waals surface area contributed by atoms with Crippen molar-refractivity contribution in [3.63, 3.8) is 0 Å². The zero-order valence-corrected chi connectivity index (χ0v) is 17.2. The summed E-state index contributed by atoms with van der Waals surface area (Å²) in [5.74, 6) is 0.500. The van der Waals surface area contributed by atoms with Crippen LogP contribution in [0.15, 0.2) is 42.5 Å². The number of amides is 1. The van der Waals surface area contributed by atoms with Gasteiger partial charge < -0.3 is 31.7 Å². The smallest absolute Gasteiger partial charge is 0.265 e. The first-order chi connectivity index (χ1) is 14.4. The molecule has 2 heterocycles. The molecule has 0 spiro atoms. The minimum absolute atomic E-state index is 0.0840. The number of anilines is 1. The van der Waals surface area contributed by atoms with Crippen LogP contribution in [0, 0.1) is 10.8 Å². The Morgan fingerprint density at radius 1 is 1.17 bits per heavy atom. The minimum atomic E-state index is -0.160. The highest BCUT2D eigenvalue weighted by molar-refractivity contribution is 7.15. The highest BCUT2D eigenvalue weighted by Crippen LogP contribution is 2.29. The first kappa shape index (κ1) is 21.2. The van der Waals surface area contributed by atoms with E-state index >= 15 is 0 Å². The third-order valence-corrected chi connectivity index (χ3v) is 5.65. The standard InChI is InChI=1S/C20H25N7O2S/c21-19(22)25-9-12-29-15-3-1-14(2-4-15)26-18(28)17-6-5-16(30-17)13-7-10-27(11-8-13)20(23)24/h1-7H,8-12H2,(H3,23,24)(H,26,28)(H4,21,22,25). The van der Waals surface area contributed by atoms with Gasteiger partial charge in [0.1, 0.15) is 12.4 Å². The summed E-state index contributed by atoms with van der Waals surface area (Å²) in [4.78, 5) is 16.1. The normalized spacial score (nSPS) is 13.3. The molecule has 0 bridgehead atoms. The molecule has 0 fully saturated rings. The van der Waals surface area contributed by atoms with Crippen molar-refractivity contribution < 1.29 is 9.53 Å². The highest BCUT2D eigenvalue weighted by atomic mass is 32.1. The maximum absolute atomic E-state index is 12.6. The van der Waals surface area contributed by atoms with E-state index in [1.807, 2.05) is 12.1 Å². The molecular weight excluding hydrogens is 402 g/mol. The van der Waals surface area contributed by atoms with E-state index in [9.17, 15) is 4.79 Å². The summed E-state index contributed by atoms with van der Waals surface area (Å²) in [6.07, 6.45) is 2.85. The number of ether oxygens (including phenoxy) is 1. The van der Waals surface area contributed by atoms with Crippen molar-refractivity contribution in [1.29, 1.82) is 10.8 Å². The molecule has 158 valence electrons. The van der Waals surface area contributed by atoms with E-state index in [1.165, 1.54) is 16.9 Å². The van der Waals surface area contributed by atoms with Crippen molar-refractivity contribution in [2.45, 2.75) is 6.42 Å². The van der Waals surface area contributed by atoms with Crippen LogP contribution in [0.4, 0.5) is 5.69 Å². The van der Waals surface area contributed by atoms with Crippen molar-refractivity contribution in [2.75, 3.05) is 31.6 Å². The van der Waals surface area contributed by atoms with Crippen LogP contribution >= 0.6 is 11.3 Å². The van der Waals surface area contributed by atoms with Gasteiger partial charge in [0.2, 0.25) is 0 Å². The predicted molar refractivity (Wildman–Crippen MR) is 120 cm³/mol. The van der Waals surface area contributed by atoms with Crippen LogP contribution in [0.3, 0.4) is 0 Å². The summed E-state index contributed by atoms with van der Waals surface area (Å²) in [6, 6.07) is 10.9. The van der Waals surface area contributed by atoms with E-state index in [0.29, 0.717) is 42.6 Å². The van der Waals surface area contributed by atoms with Gasteiger partial charge in [0.05, 0.1) is 11.4 Å². The lowest BCUT2D eigenvalue weighted by Gasteiger charge is -2.26. The second-order valence-electron chi connectivity index (χ2n) is 6.64. The van der Waals surface area contributed by atoms with E-state index in [2.05, 4.69) is 16.7 Å². The molecule has 0 aliphatic carbocycles. The van der Waals surface area contributed by atoms with Crippen molar-refractivity contribution in [2.24, 2.45) is 11.5 Å². The number of carbonyl (C=O) groups is 1. The second kappa shape index (κ2) is 9.79. The summed E-state index contributed by atoms with van der Waals surface area (Å²) in [5, 5.41) is 20.1. The summed E-state index contributed by atoms with van der Waals surface area (Å²) in [5.41, 5.74) is 12.6. The Labute approximate surface area is 178 Å². The molecule has 1 aromatic carbocycles. The average Bonchev–Trinajstić information content (AvgIpc) is 3.23. The molecular formula is C20H25N7O2S. The van der Waals surface area contributed by atoms with Gasteiger partial charge in [-0.1, -0.05) is 6.08 Å². The zero-order chi connectivity index (χ0) is 21.5. The molecule has 0 atom stereocenters. The van der Waals surface area contributed by atoms with E-state index in [1.54, 1.807) is 29.2 Å². The van der Waals surface area contributed by atoms with Crippen molar-refractivity contribution in [3.05, 3.63) is 52.2 Å². The summed E-state index contributed by atoms with van der Waals surface area (Å²) in [7, 11) is 0. The molecule has 0 saturated heterocycles. The first-order valence-corrected chi connectivity index (χ1v) is 10.2. The number of thiophene rings is 1. The van der Waals surface area contributed by atoms with Gasteiger partial charge in [-0.25, -0.2) is 0 Å². The number of hydrogen-bond acceptors (Lipinski definition) is 5. The highest BCUT2D eigenvalue weighted by Gasteiger charge is 2.17. The molecule has 1 aliphatic rings. The minimum Gasteiger partial charge on any atom is -0.492 e. The fourth-order valence-corrected chi connectivity index (χ4v) is 3.90. The fraction of sp³-hybridized carbons (Fsp3) is 0.250. The zero-order valence-electron chi connectivity index (χ0n) is 16.4. The van der Waals surface area contributed by atoms with E-state index < -0.39 is 0 Å². The molecule has 0 unspecified atom stereocenters. The Bertz CT molecular complexity index is 952. The van der Waals surface area contributed by atoms with Crippen LogP contribution in [0.1, 0.15) is 21.0 Å². The van der Waals surface area contributed by atoms with Gasteiger partial charge in [-0.15, -0.1) is 11.3 Å². The number of nitrogens with zero attached hydrogens (tertiary/aromatic N) is 1. The third-order valence-electron chi connectivity index (χ3n) is 4.49. The lowest BCUT2D eigenvalue weighted by atomic mass is 10.1. The van der Waals surface area contributed by atoms with Gasteiger partial charge in [0, 0.05) is 23.7 Å². The Kier molecular flexibility index (Phi) is 6.91. The van der Waals surface area contributed by atoms with Crippen molar-refractivity contribution in [3.8, 4) is 5.75 Å². The molecule has 0 radical (unpaired) electrons. The van der Waals surface area contributed by atoms with Crippen LogP contribution in [0.25, 0.3) is 5.57 Å². The Hall–Kier alpha value is -3.53. The lowest BCUT2D eigenvalue weighted by molar-refractivity contribution is 0.103. The average molecular weight is 428 g/mol. The van der Waals surface area contributed by atoms with E-state index in [0.717, 1.165) is 11.3 Å². The molecule has 1 amide bonds. The Morgan fingerprint density at radius 2 is 1.93 bits per heavy atom. The Balaban J connectivity index is 1.53. The second-order valence-corrected chi connectivity index (χ2v) is 7.73. The molecule has 10 heteroatoms. The van der Waals surface area contributed by atoms with Gasteiger partial charge in [-0.2, -0.15) is 0 Å². The molecule has 9 nitrogen and oxygen atoms in total. The SMILES string of the molecule is N=C(N)NCCOc1ccc(NC(=O)c2ccc(C3=CCN(C(=N)N)CC3)s2)cc1. The molecule has 1 aliphatic heterocycles. The topological polar surface area (TPSA) is 153 Å². The van der Waals surface area contributed by atoms with Gasteiger partial charge in [-0.05, 0) is 48.4 Å². The number of guanidine groups is 2. The van der Waals surface area contributed by atoms with E-state index in [-0.39, 0.29) is 17.8 Å². The lowest BCUT2D eigenvalue weighted by Crippen LogP contribution is -2.39. The van der Waals surface area contributed by atoms with Gasteiger partial charge >= 0.3 is 0 Å². The number of hydrogen-bond donors (Lipinski definition) is 6. The molecule has 8 N–H and O–H groups in total. The van der Waals surface area contributed by atoms with E-state index in [4.69, 9.17) is 27.0 Å². The monoisotopic (exact) mass is 427 g/mol. The molecule has 0 saturated carbocycles. The maximum atomic E-state index is 12.6. The van der Waals surface area contributed by atoms with Crippen molar-refractivity contribution in [1.82, 2.24) is 10.2 Å². The van der Waals surface area contributed by atoms with Crippen LogP contribution in [0.5, 0.6) is 5.75 Å². The molecule has 30 heavy (non-hydrogen) atoms. The molecule has 1 aromatic heterocycles. The quantitative estimate of drug-likeness (QED) is 0.225. The molecule has 3 rings (SSSR count). The predicted octanol–water partition coefficient (Wildman–Crippen LogP) is 1.84. The third kappa shape index (κ3) is 5.74. The van der Waals surface area contributed by atoms with Crippen molar-refractivity contribution >= 4 is 40.4 Å². The van der Waals surface area contributed by atoms with Gasteiger partial charge in [0.25, 0.3) is 5.91 Å². The van der Waals surface area contributed by atoms with Crippen LogP contribution in [-0.4, -0.2) is 49.0 Å². The number of nitrogens with one attached hydrogen (secondary N) is 4. The first-order valence-electron chi connectivity index (χ1n) is 9.42. The van der Waals surface area contributed by atoms with Gasteiger partial charge in [-0.3, -0.25) is 15.6 Å². The van der Waals surface area contributed by atoms with Crippen LogP contribution in [-0.2, 0) is 0 Å². The summed E-state index contributed by atoms with van der Waals surface area (Å²) in [6.45, 7) is 2.14. The summed E-state index contributed by atoms with van der Waals surface area (Å²) >= 11 is 1.45. The molecule has 2 aromatic rings. The van der Waals surface area contributed by atoms with Crippen LogP contribution in [0.2, 0.25) is 0 Å². The Morgan fingerprint density at radius 3 is 2.57 bits per heavy atom. The number of benzene rings is 1. The largest absolute Gasteiger partial charge is 0.492 e. The number of rotatable bonds is 7. The number of nitrogens with two attached hydrogens (primary N) is 2. The number of carbonyl (C=O) groups excluding carboxylic acids is 1. The fourth-order valence-electron chi connectivity index (χ4n) is 2.93. The van der Waals surface area contributed by atoms with Crippen LogP contribution < -0.4 is 26.8 Å². The summed E-state index contributed by atoms with van der Waals surface area (Å²) < 4.78 is 5.54. The van der Waals surface area contributed by atoms with Gasteiger partial charge in [0.15, 0.2) is 11.9 Å². The maximum Gasteiger partial charge on any atom is 0.265 e.